The second kappa shape index (κ2) is 11.1. The molecule has 2 heterocycles. The number of nitrogens with zero attached hydrogens (tertiary/aromatic N) is 3. The van der Waals surface area contributed by atoms with Crippen molar-refractivity contribution >= 4 is 23.3 Å². The molecule has 0 aliphatic heterocycles. The normalized spacial score (nSPS) is 11.3. The van der Waals surface area contributed by atoms with Crippen LogP contribution in [0, 0.1) is 11.3 Å². The molecule has 154 valence electrons. The quantitative estimate of drug-likeness (QED) is 0.304. The van der Waals surface area contributed by atoms with E-state index >= 15 is 0 Å². The predicted molar refractivity (Wildman–Crippen MR) is 119 cm³/mol. The summed E-state index contributed by atoms with van der Waals surface area (Å²) in [5, 5.41) is 19.0. The van der Waals surface area contributed by atoms with E-state index in [4.69, 9.17) is 9.84 Å². The van der Waals surface area contributed by atoms with Crippen molar-refractivity contribution in [3.8, 4) is 16.6 Å². The van der Waals surface area contributed by atoms with E-state index in [0.717, 1.165) is 21.7 Å². The van der Waals surface area contributed by atoms with Gasteiger partial charge in [-0.3, -0.25) is 9.48 Å². The molecule has 2 aromatic heterocycles. The number of nitrogens with one attached hydrogen (secondary N) is 1. The number of ether oxygens (including phenoxy) is 1. The third kappa shape index (κ3) is 5.89. The van der Waals surface area contributed by atoms with Crippen LogP contribution in [-0.4, -0.2) is 35.4 Å². The van der Waals surface area contributed by atoms with E-state index in [0.29, 0.717) is 32.7 Å². The van der Waals surface area contributed by atoms with E-state index in [-0.39, 0.29) is 11.5 Å². The van der Waals surface area contributed by atoms with Crippen molar-refractivity contribution < 1.29 is 9.53 Å². The molecule has 0 spiro atoms. The maximum Gasteiger partial charge on any atom is 0.261 e. The van der Waals surface area contributed by atoms with Gasteiger partial charge in [-0.1, -0.05) is 36.4 Å². The molecule has 6 nitrogen and oxygen atoms in total. The third-order valence-corrected chi connectivity index (χ3v) is 5.23. The molecule has 7 heteroatoms. The Morgan fingerprint density at radius 3 is 2.83 bits per heavy atom. The lowest BCUT2D eigenvalue weighted by molar-refractivity contribution is -0.117. The molecule has 0 atom stereocenters. The van der Waals surface area contributed by atoms with Gasteiger partial charge in [0.05, 0.1) is 11.4 Å². The molecule has 0 aliphatic rings. The standard InChI is InChI=1S/C23H24N4O2S/c1-2-29-12-7-11-25-23(28)19(15-24)14-20-17-27(16-18-8-4-3-5-9-18)26-22(20)21-10-6-13-30-21/h3-6,8-10,13-14,17H,2,7,11-12,16H2,1H3,(H,25,28)/b19-14+. The molecule has 0 unspecified atom stereocenters. The lowest BCUT2D eigenvalue weighted by Gasteiger charge is -2.04. The second-order valence-corrected chi connectivity index (χ2v) is 7.52. The van der Waals surface area contributed by atoms with Gasteiger partial charge in [-0.25, -0.2) is 0 Å². The largest absolute Gasteiger partial charge is 0.382 e. The Bertz CT molecular complexity index is 1020. The van der Waals surface area contributed by atoms with E-state index in [9.17, 15) is 10.1 Å². The number of hydrogen-bond acceptors (Lipinski definition) is 5. The van der Waals surface area contributed by atoms with Crippen molar-refractivity contribution in [2.24, 2.45) is 0 Å². The van der Waals surface area contributed by atoms with E-state index in [1.165, 1.54) is 0 Å². The minimum Gasteiger partial charge on any atom is -0.382 e. The fourth-order valence-electron chi connectivity index (χ4n) is 2.92. The highest BCUT2D eigenvalue weighted by molar-refractivity contribution is 7.13. The Morgan fingerprint density at radius 2 is 2.13 bits per heavy atom. The summed E-state index contributed by atoms with van der Waals surface area (Å²) in [6, 6.07) is 16.0. The topological polar surface area (TPSA) is 79.9 Å². The summed E-state index contributed by atoms with van der Waals surface area (Å²) < 4.78 is 7.10. The van der Waals surface area contributed by atoms with Crippen molar-refractivity contribution in [2.75, 3.05) is 19.8 Å². The first-order valence-electron chi connectivity index (χ1n) is 9.84. The first kappa shape index (κ1) is 21.5. The Labute approximate surface area is 180 Å². The van der Waals surface area contributed by atoms with E-state index < -0.39 is 0 Å². The average molecular weight is 421 g/mol. The first-order chi connectivity index (χ1) is 14.7. The highest BCUT2D eigenvalue weighted by atomic mass is 32.1. The first-order valence-corrected chi connectivity index (χ1v) is 10.7. The Kier molecular flexibility index (Phi) is 7.95. The summed E-state index contributed by atoms with van der Waals surface area (Å²) in [7, 11) is 0. The van der Waals surface area contributed by atoms with Gasteiger partial charge in [0, 0.05) is 31.5 Å². The zero-order valence-electron chi connectivity index (χ0n) is 16.9. The van der Waals surface area contributed by atoms with Crippen molar-refractivity contribution in [1.29, 1.82) is 5.26 Å². The van der Waals surface area contributed by atoms with Crippen molar-refractivity contribution in [2.45, 2.75) is 19.9 Å². The SMILES string of the molecule is CCOCCCNC(=O)/C(C#N)=C/c1cn(Cc2ccccc2)nc1-c1cccs1. The van der Waals surface area contributed by atoms with E-state index in [1.807, 2.05) is 71.7 Å². The minimum atomic E-state index is -0.387. The highest BCUT2D eigenvalue weighted by Crippen LogP contribution is 2.28. The van der Waals surface area contributed by atoms with Crippen molar-refractivity contribution in [3.05, 3.63) is 70.7 Å². The van der Waals surface area contributed by atoms with Crippen LogP contribution in [0.2, 0.25) is 0 Å². The fraction of sp³-hybridized carbons (Fsp3) is 0.261. The molecule has 0 saturated carbocycles. The number of hydrogen-bond donors (Lipinski definition) is 1. The van der Waals surface area contributed by atoms with Gasteiger partial charge < -0.3 is 10.1 Å². The molecule has 1 amide bonds. The smallest absolute Gasteiger partial charge is 0.261 e. The van der Waals surface area contributed by atoms with Gasteiger partial charge in [-0.05, 0) is 36.4 Å². The van der Waals surface area contributed by atoms with Crippen molar-refractivity contribution in [1.82, 2.24) is 15.1 Å². The maximum atomic E-state index is 12.4. The lowest BCUT2D eigenvalue weighted by atomic mass is 10.1. The van der Waals surface area contributed by atoms with Crippen LogP contribution >= 0.6 is 11.3 Å². The molecule has 1 aromatic carbocycles. The predicted octanol–water partition coefficient (Wildman–Crippen LogP) is 4.11. The van der Waals surface area contributed by atoms with Crippen molar-refractivity contribution in [3.63, 3.8) is 0 Å². The summed E-state index contributed by atoms with van der Waals surface area (Å²) >= 11 is 1.57. The number of nitriles is 1. The molecule has 3 rings (SSSR count). The van der Waals surface area contributed by atoms with Crippen LogP contribution in [0.15, 0.2) is 59.6 Å². The Balaban J connectivity index is 1.81. The number of aromatic nitrogens is 2. The van der Waals surface area contributed by atoms with Gasteiger partial charge in [0.25, 0.3) is 5.91 Å². The molecule has 0 saturated heterocycles. The zero-order valence-corrected chi connectivity index (χ0v) is 17.7. The molecule has 0 radical (unpaired) electrons. The molecule has 0 fully saturated rings. The van der Waals surface area contributed by atoms with E-state index in [2.05, 4.69) is 5.32 Å². The van der Waals surface area contributed by atoms with Gasteiger partial charge >= 0.3 is 0 Å². The Morgan fingerprint density at radius 1 is 1.30 bits per heavy atom. The number of carbonyl (C=O) groups is 1. The molecule has 0 bridgehead atoms. The summed E-state index contributed by atoms with van der Waals surface area (Å²) in [5.74, 6) is -0.387. The summed E-state index contributed by atoms with van der Waals surface area (Å²) in [6.07, 6.45) is 4.19. The van der Waals surface area contributed by atoms with Gasteiger partial charge in [-0.2, -0.15) is 10.4 Å². The van der Waals surface area contributed by atoms with Crippen LogP contribution < -0.4 is 5.32 Å². The highest BCUT2D eigenvalue weighted by Gasteiger charge is 2.15. The number of amides is 1. The zero-order chi connectivity index (χ0) is 21.2. The van der Waals surface area contributed by atoms with E-state index in [1.54, 1.807) is 17.4 Å². The summed E-state index contributed by atoms with van der Waals surface area (Å²) in [6.45, 7) is 4.23. The maximum absolute atomic E-state index is 12.4. The van der Waals surface area contributed by atoms with Crippen LogP contribution in [0.1, 0.15) is 24.5 Å². The van der Waals surface area contributed by atoms with Crippen LogP contribution in [-0.2, 0) is 16.1 Å². The van der Waals surface area contributed by atoms with Crippen LogP contribution in [0.4, 0.5) is 0 Å². The molecular formula is C23H24N4O2S. The average Bonchev–Trinajstić information content (AvgIpc) is 3.42. The summed E-state index contributed by atoms with van der Waals surface area (Å²) in [5.41, 5.74) is 2.69. The molecule has 0 aliphatic carbocycles. The van der Waals surface area contributed by atoms with Crippen LogP contribution in [0.25, 0.3) is 16.6 Å². The fourth-order valence-corrected chi connectivity index (χ4v) is 3.65. The van der Waals surface area contributed by atoms with Gasteiger partial charge in [0.2, 0.25) is 0 Å². The molecule has 30 heavy (non-hydrogen) atoms. The number of rotatable bonds is 10. The van der Waals surface area contributed by atoms with Crippen LogP contribution in [0.3, 0.4) is 0 Å². The molecular weight excluding hydrogens is 396 g/mol. The summed E-state index contributed by atoms with van der Waals surface area (Å²) in [4.78, 5) is 13.4. The van der Waals surface area contributed by atoms with Gasteiger partial charge in [0.15, 0.2) is 0 Å². The number of benzene rings is 1. The Hall–Kier alpha value is -3.21. The van der Waals surface area contributed by atoms with Gasteiger partial charge in [-0.15, -0.1) is 11.3 Å². The molecule has 1 N–H and O–H groups in total. The second-order valence-electron chi connectivity index (χ2n) is 6.57. The number of thiophene rings is 1. The lowest BCUT2D eigenvalue weighted by Crippen LogP contribution is -2.26. The monoisotopic (exact) mass is 420 g/mol. The number of carbonyl (C=O) groups excluding carboxylic acids is 1. The van der Waals surface area contributed by atoms with Crippen LogP contribution in [0.5, 0.6) is 0 Å². The van der Waals surface area contributed by atoms with Gasteiger partial charge in [0.1, 0.15) is 17.3 Å². The minimum absolute atomic E-state index is 0.0588. The molecule has 3 aromatic rings. The third-order valence-electron chi connectivity index (χ3n) is 4.35.